The van der Waals surface area contributed by atoms with Crippen molar-refractivity contribution < 1.29 is 4.74 Å². The Bertz CT molecular complexity index is 1040. The topological polar surface area (TPSA) is 74.3 Å². The third kappa shape index (κ3) is 3.27. The quantitative estimate of drug-likeness (QED) is 0.749. The van der Waals surface area contributed by atoms with Crippen LogP contribution in [-0.4, -0.2) is 52.7 Å². The minimum Gasteiger partial charge on any atom is -0.378 e. The molecule has 0 aliphatic carbocycles. The molecule has 0 unspecified atom stereocenters. The molecule has 7 heteroatoms. The third-order valence-corrected chi connectivity index (χ3v) is 5.55. The zero-order valence-corrected chi connectivity index (χ0v) is 15.7. The molecule has 4 heterocycles. The summed E-state index contributed by atoms with van der Waals surface area (Å²) >= 11 is 0. The Morgan fingerprint density at radius 3 is 2.75 bits per heavy atom. The standard InChI is InChI=1S/C21H23N5O2/c27-20-18-17-6-7-25(13-15-4-2-1-3-5-15)14-16(17)12-22-19(18)23-21(24-20)26-8-10-28-11-9-26/h1-5,12H,6-11,13-14H2,(H,22,23,24,27). The molecule has 0 spiro atoms. The average molecular weight is 377 g/mol. The van der Waals surface area contributed by atoms with E-state index >= 15 is 0 Å². The molecule has 3 aromatic rings. The zero-order chi connectivity index (χ0) is 18.9. The van der Waals surface area contributed by atoms with Crippen molar-refractivity contribution in [3.8, 4) is 0 Å². The summed E-state index contributed by atoms with van der Waals surface area (Å²) in [5, 5.41) is 0.647. The second-order valence-electron chi connectivity index (χ2n) is 7.40. The van der Waals surface area contributed by atoms with E-state index in [1.54, 1.807) is 0 Å². The predicted octanol–water partition coefficient (Wildman–Crippen LogP) is 1.71. The van der Waals surface area contributed by atoms with Crippen LogP contribution in [0.4, 0.5) is 5.95 Å². The minimum atomic E-state index is -0.0904. The molecule has 0 radical (unpaired) electrons. The first kappa shape index (κ1) is 17.3. The Labute approximate surface area is 163 Å². The van der Waals surface area contributed by atoms with Crippen LogP contribution in [0.25, 0.3) is 11.0 Å². The number of pyridine rings is 1. The SMILES string of the molecule is O=c1[nH]c(N2CCOCC2)nc2ncc3c(c12)CCN(Cc1ccccc1)C3. The molecule has 144 valence electrons. The molecular formula is C21H23N5O2. The van der Waals surface area contributed by atoms with E-state index in [0.29, 0.717) is 30.2 Å². The Kier molecular flexibility index (Phi) is 4.54. The molecule has 2 aromatic heterocycles. The molecule has 5 rings (SSSR count). The smallest absolute Gasteiger partial charge is 0.262 e. The third-order valence-electron chi connectivity index (χ3n) is 5.55. The lowest BCUT2D eigenvalue weighted by molar-refractivity contribution is 0.122. The number of hydrogen-bond acceptors (Lipinski definition) is 6. The van der Waals surface area contributed by atoms with E-state index in [0.717, 1.165) is 50.3 Å². The maximum absolute atomic E-state index is 12.9. The molecule has 7 nitrogen and oxygen atoms in total. The van der Waals surface area contributed by atoms with Gasteiger partial charge in [-0.3, -0.25) is 14.7 Å². The number of nitrogens with zero attached hydrogens (tertiary/aromatic N) is 4. The largest absolute Gasteiger partial charge is 0.378 e. The van der Waals surface area contributed by atoms with Crippen molar-refractivity contribution in [2.45, 2.75) is 19.5 Å². The van der Waals surface area contributed by atoms with E-state index < -0.39 is 0 Å². The summed E-state index contributed by atoms with van der Waals surface area (Å²) < 4.78 is 5.38. The number of rotatable bonds is 3. The van der Waals surface area contributed by atoms with E-state index in [1.807, 2.05) is 17.2 Å². The van der Waals surface area contributed by atoms with Crippen molar-refractivity contribution >= 4 is 17.0 Å². The molecule has 1 aromatic carbocycles. The van der Waals surface area contributed by atoms with Crippen LogP contribution in [0, 0.1) is 0 Å². The van der Waals surface area contributed by atoms with Gasteiger partial charge in [-0.25, -0.2) is 4.98 Å². The van der Waals surface area contributed by atoms with Gasteiger partial charge in [-0.2, -0.15) is 4.98 Å². The number of ether oxygens (including phenoxy) is 1. The summed E-state index contributed by atoms with van der Waals surface area (Å²) in [6.07, 6.45) is 2.73. The van der Waals surface area contributed by atoms with Crippen LogP contribution in [0.2, 0.25) is 0 Å². The average Bonchev–Trinajstić information content (AvgIpc) is 2.74. The molecule has 28 heavy (non-hydrogen) atoms. The van der Waals surface area contributed by atoms with Crippen molar-refractivity contribution in [2.75, 3.05) is 37.7 Å². The van der Waals surface area contributed by atoms with Crippen molar-refractivity contribution in [1.29, 1.82) is 0 Å². The van der Waals surface area contributed by atoms with Gasteiger partial charge in [0.05, 0.1) is 18.6 Å². The molecule has 2 aliphatic rings. The lowest BCUT2D eigenvalue weighted by Gasteiger charge is -2.29. The van der Waals surface area contributed by atoms with Crippen LogP contribution in [-0.2, 0) is 24.2 Å². The summed E-state index contributed by atoms with van der Waals surface area (Å²) in [6, 6.07) is 10.5. The van der Waals surface area contributed by atoms with Gasteiger partial charge in [0.15, 0.2) is 5.65 Å². The van der Waals surface area contributed by atoms with Crippen LogP contribution >= 0.6 is 0 Å². The summed E-state index contributed by atoms with van der Waals surface area (Å²) in [5.41, 5.74) is 3.97. The summed E-state index contributed by atoms with van der Waals surface area (Å²) in [6.45, 7) is 5.39. The second kappa shape index (κ2) is 7.33. The first-order valence-electron chi connectivity index (χ1n) is 9.78. The number of hydrogen-bond donors (Lipinski definition) is 1. The number of nitrogens with one attached hydrogen (secondary N) is 1. The molecule has 2 aliphatic heterocycles. The number of anilines is 1. The van der Waals surface area contributed by atoms with Gasteiger partial charge in [0.25, 0.3) is 5.56 Å². The fourth-order valence-corrected chi connectivity index (χ4v) is 4.11. The van der Waals surface area contributed by atoms with Crippen LogP contribution in [0.15, 0.2) is 41.3 Å². The van der Waals surface area contributed by atoms with Crippen LogP contribution in [0.5, 0.6) is 0 Å². The number of aromatic nitrogens is 3. The van der Waals surface area contributed by atoms with E-state index in [2.05, 4.69) is 44.1 Å². The van der Waals surface area contributed by atoms with Gasteiger partial charge in [-0.1, -0.05) is 30.3 Å². The fourth-order valence-electron chi connectivity index (χ4n) is 4.11. The Balaban J connectivity index is 1.45. The zero-order valence-electron chi connectivity index (χ0n) is 15.7. The summed E-state index contributed by atoms with van der Waals surface area (Å²) in [5.74, 6) is 0.592. The Morgan fingerprint density at radius 1 is 1.11 bits per heavy atom. The van der Waals surface area contributed by atoms with Gasteiger partial charge in [0.1, 0.15) is 0 Å². The monoisotopic (exact) mass is 377 g/mol. The van der Waals surface area contributed by atoms with E-state index in [1.165, 1.54) is 5.56 Å². The number of H-pyrrole nitrogens is 1. The van der Waals surface area contributed by atoms with Gasteiger partial charge in [0, 0.05) is 38.9 Å². The lowest BCUT2D eigenvalue weighted by atomic mass is 9.98. The fraction of sp³-hybridized carbons (Fsp3) is 0.381. The molecule has 1 saturated heterocycles. The molecule has 1 fully saturated rings. The maximum atomic E-state index is 12.9. The number of benzene rings is 1. The molecule has 1 N–H and O–H groups in total. The number of aromatic amines is 1. The maximum Gasteiger partial charge on any atom is 0.262 e. The van der Waals surface area contributed by atoms with Crippen LogP contribution in [0.1, 0.15) is 16.7 Å². The van der Waals surface area contributed by atoms with Gasteiger partial charge < -0.3 is 9.64 Å². The second-order valence-corrected chi connectivity index (χ2v) is 7.40. The van der Waals surface area contributed by atoms with Crippen molar-refractivity contribution in [2.24, 2.45) is 0 Å². The van der Waals surface area contributed by atoms with Crippen LogP contribution in [0.3, 0.4) is 0 Å². The first-order valence-corrected chi connectivity index (χ1v) is 9.78. The van der Waals surface area contributed by atoms with Crippen LogP contribution < -0.4 is 10.5 Å². The molecule has 0 amide bonds. The van der Waals surface area contributed by atoms with Gasteiger partial charge in [0.2, 0.25) is 5.95 Å². The lowest BCUT2D eigenvalue weighted by Crippen LogP contribution is -2.38. The van der Waals surface area contributed by atoms with Gasteiger partial charge in [-0.05, 0) is 23.1 Å². The summed E-state index contributed by atoms with van der Waals surface area (Å²) in [4.78, 5) is 29.5. The van der Waals surface area contributed by atoms with E-state index in [9.17, 15) is 4.79 Å². The van der Waals surface area contributed by atoms with E-state index in [4.69, 9.17) is 4.74 Å². The number of morpholine rings is 1. The Morgan fingerprint density at radius 2 is 1.93 bits per heavy atom. The van der Waals surface area contributed by atoms with Gasteiger partial charge in [-0.15, -0.1) is 0 Å². The highest BCUT2D eigenvalue weighted by Crippen LogP contribution is 2.25. The molecule has 0 saturated carbocycles. The normalized spacial score (nSPS) is 17.6. The highest BCUT2D eigenvalue weighted by atomic mass is 16.5. The molecular weight excluding hydrogens is 354 g/mol. The van der Waals surface area contributed by atoms with Crippen molar-refractivity contribution in [3.05, 3.63) is 63.6 Å². The van der Waals surface area contributed by atoms with E-state index in [-0.39, 0.29) is 5.56 Å². The van der Waals surface area contributed by atoms with Gasteiger partial charge >= 0.3 is 0 Å². The number of fused-ring (bicyclic) bond motifs is 3. The first-order chi connectivity index (χ1) is 13.8. The highest BCUT2D eigenvalue weighted by Gasteiger charge is 2.22. The Hall–Kier alpha value is -2.77. The highest BCUT2D eigenvalue weighted by molar-refractivity contribution is 5.80. The van der Waals surface area contributed by atoms with Crippen molar-refractivity contribution in [1.82, 2.24) is 19.9 Å². The summed E-state index contributed by atoms with van der Waals surface area (Å²) in [7, 11) is 0. The minimum absolute atomic E-state index is 0.0904. The predicted molar refractivity (Wildman–Crippen MR) is 107 cm³/mol. The molecule has 0 bridgehead atoms. The van der Waals surface area contributed by atoms with Crippen molar-refractivity contribution in [3.63, 3.8) is 0 Å². The molecule has 0 atom stereocenters.